The van der Waals surface area contributed by atoms with E-state index in [0.717, 1.165) is 29.9 Å². The van der Waals surface area contributed by atoms with E-state index < -0.39 is 0 Å². The number of rotatable bonds is 9. The first kappa shape index (κ1) is 20.8. The van der Waals surface area contributed by atoms with Crippen molar-refractivity contribution in [3.8, 4) is 11.5 Å². The lowest BCUT2D eigenvalue weighted by Crippen LogP contribution is -2.32. The van der Waals surface area contributed by atoms with Crippen molar-refractivity contribution in [2.75, 3.05) is 6.61 Å². The molecule has 1 N–H and O–H groups in total. The summed E-state index contributed by atoms with van der Waals surface area (Å²) in [6.45, 7) is 11.1. The van der Waals surface area contributed by atoms with Crippen LogP contribution in [0.15, 0.2) is 36.4 Å². The molecular formula is C23H31NO3. The largest absolute Gasteiger partial charge is 0.493 e. The predicted octanol–water partition coefficient (Wildman–Crippen LogP) is 5.20. The third kappa shape index (κ3) is 6.02. The highest BCUT2D eigenvalue weighted by Crippen LogP contribution is 2.24. The SMILES string of the molecule is CCC[C@H](C)NC(=O)c1ccc(OCC)c(COc2ccc(C)c(C)c2)c1. The first-order valence-electron chi connectivity index (χ1n) is 9.71. The van der Waals surface area contributed by atoms with Crippen molar-refractivity contribution in [2.24, 2.45) is 0 Å². The van der Waals surface area contributed by atoms with Crippen LogP contribution in [-0.2, 0) is 6.61 Å². The van der Waals surface area contributed by atoms with Crippen LogP contribution in [0.2, 0.25) is 0 Å². The smallest absolute Gasteiger partial charge is 0.251 e. The monoisotopic (exact) mass is 369 g/mol. The normalized spacial score (nSPS) is 11.7. The van der Waals surface area contributed by atoms with Crippen LogP contribution < -0.4 is 14.8 Å². The van der Waals surface area contributed by atoms with E-state index in [1.165, 1.54) is 11.1 Å². The summed E-state index contributed by atoms with van der Waals surface area (Å²) >= 11 is 0. The molecule has 0 radical (unpaired) electrons. The summed E-state index contributed by atoms with van der Waals surface area (Å²) in [5.41, 5.74) is 3.92. The lowest BCUT2D eigenvalue weighted by Gasteiger charge is -2.16. The molecule has 1 amide bonds. The lowest BCUT2D eigenvalue weighted by molar-refractivity contribution is 0.0938. The highest BCUT2D eigenvalue weighted by Gasteiger charge is 2.13. The summed E-state index contributed by atoms with van der Waals surface area (Å²) in [6.07, 6.45) is 2.01. The van der Waals surface area contributed by atoms with E-state index in [9.17, 15) is 4.79 Å². The molecule has 0 aromatic heterocycles. The number of carbonyl (C=O) groups excluding carboxylic acids is 1. The van der Waals surface area contributed by atoms with Gasteiger partial charge in [-0.05, 0) is 75.6 Å². The fourth-order valence-electron chi connectivity index (χ4n) is 2.91. The molecule has 4 nitrogen and oxygen atoms in total. The van der Waals surface area contributed by atoms with Crippen molar-refractivity contribution >= 4 is 5.91 Å². The molecule has 2 rings (SSSR count). The summed E-state index contributed by atoms with van der Waals surface area (Å²) in [4.78, 5) is 12.5. The number of ether oxygens (including phenoxy) is 2. The Labute approximate surface area is 162 Å². The van der Waals surface area contributed by atoms with Gasteiger partial charge in [0, 0.05) is 17.2 Å². The molecule has 0 aliphatic carbocycles. The van der Waals surface area contributed by atoms with Gasteiger partial charge in [0.1, 0.15) is 18.1 Å². The zero-order valence-corrected chi connectivity index (χ0v) is 17.1. The lowest BCUT2D eigenvalue weighted by atomic mass is 10.1. The van der Waals surface area contributed by atoms with Crippen LogP contribution in [0, 0.1) is 13.8 Å². The van der Waals surface area contributed by atoms with Gasteiger partial charge >= 0.3 is 0 Å². The van der Waals surface area contributed by atoms with Gasteiger partial charge in [0.25, 0.3) is 5.91 Å². The van der Waals surface area contributed by atoms with E-state index in [0.29, 0.717) is 18.8 Å². The average Bonchev–Trinajstić information content (AvgIpc) is 2.64. The Morgan fingerprint density at radius 3 is 2.48 bits per heavy atom. The van der Waals surface area contributed by atoms with Crippen LogP contribution >= 0.6 is 0 Å². The minimum atomic E-state index is -0.0635. The molecule has 0 aliphatic rings. The summed E-state index contributed by atoms with van der Waals surface area (Å²) in [7, 11) is 0. The fourth-order valence-corrected chi connectivity index (χ4v) is 2.91. The van der Waals surface area contributed by atoms with Gasteiger partial charge in [-0.2, -0.15) is 0 Å². The van der Waals surface area contributed by atoms with Crippen LogP contribution in [-0.4, -0.2) is 18.6 Å². The van der Waals surface area contributed by atoms with Crippen LogP contribution in [0.25, 0.3) is 0 Å². The van der Waals surface area contributed by atoms with Crippen molar-refractivity contribution in [3.63, 3.8) is 0 Å². The maximum Gasteiger partial charge on any atom is 0.251 e. The number of carbonyl (C=O) groups is 1. The Bertz CT molecular complexity index is 770. The van der Waals surface area contributed by atoms with E-state index >= 15 is 0 Å². The van der Waals surface area contributed by atoms with Gasteiger partial charge < -0.3 is 14.8 Å². The topological polar surface area (TPSA) is 47.6 Å². The number of hydrogen-bond donors (Lipinski definition) is 1. The van der Waals surface area contributed by atoms with Crippen LogP contribution in [0.5, 0.6) is 11.5 Å². The molecule has 0 heterocycles. The van der Waals surface area contributed by atoms with Crippen molar-refractivity contribution in [1.82, 2.24) is 5.32 Å². The molecule has 2 aromatic rings. The van der Waals surface area contributed by atoms with Gasteiger partial charge in [-0.25, -0.2) is 0 Å². The first-order valence-corrected chi connectivity index (χ1v) is 9.71. The molecule has 1 atom stereocenters. The quantitative estimate of drug-likeness (QED) is 0.661. The minimum absolute atomic E-state index is 0.0635. The summed E-state index contributed by atoms with van der Waals surface area (Å²) < 4.78 is 11.7. The number of hydrogen-bond acceptors (Lipinski definition) is 3. The molecule has 0 saturated heterocycles. The Hall–Kier alpha value is -2.49. The van der Waals surface area contributed by atoms with Crippen LogP contribution in [0.3, 0.4) is 0 Å². The second kappa shape index (κ2) is 10.0. The third-order valence-corrected chi connectivity index (χ3v) is 4.59. The van der Waals surface area contributed by atoms with Crippen molar-refractivity contribution in [2.45, 2.75) is 60.1 Å². The molecule has 0 fully saturated rings. The van der Waals surface area contributed by atoms with E-state index in [1.54, 1.807) is 6.07 Å². The fraction of sp³-hybridized carbons (Fsp3) is 0.435. The molecule has 0 saturated carbocycles. The summed E-state index contributed by atoms with van der Waals surface area (Å²) in [5, 5.41) is 3.04. The van der Waals surface area contributed by atoms with Gasteiger partial charge in [0.15, 0.2) is 0 Å². The van der Waals surface area contributed by atoms with Gasteiger partial charge in [-0.3, -0.25) is 4.79 Å². The van der Waals surface area contributed by atoms with Gasteiger partial charge in [0.05, 0.1) is 6.61 Å². The summed E-state index contributed by atoms with van der Waals surface area (Å²) in [6, 6.07) is 11.7. The molecule has 2 aromatic carbocycles. The van der Waals surface area contributed by atoms with Gasteiger partial charge in [-0.15, -0.1) is 0 Å². The Morgan fingerprint density at radius 2 is 1.81 bits per heavy atom. The van der Waals surface area contributed by atoms with Crippen LogP contribution in [0.4, 0.5) is 0 Å². The Balaban J connectivity index is 2.16. The number of amides is 1. The summed E-state index contributed by atoms with van der Waals surface area (Å²) in [5.74, 6) is 1.50. The first-order chi connectivity index (χ1) is 12.9. The van der Waals surface area contributed by atoms with Crippen molar-refractivity contribution in [3.05, 3.63) is 58.7 Å². The highest BCUT2D eigenvalue weighted by atomic mass is 16.5. The maximum atomic E-state index is 12.5. The molecule has 0 unspecified atom stereocenters. The molecule has 27 heavy (non-hydrogen) atoms. The second-order valence-electron chi connectivity index (χ2n) is 6.95. The van der Waals surface area contributed by atoms with Crippen LogP contribution in [0.1, 0.15) is 60.7 Å². The molecule has 0 bridgehead atoms. The highest BCUT2D eigenvalue weighted by molar-refractivity contribution is 5.94. The van der Waals surface area contributed by atoms with Crippen molar-refractivity contribution in [1.29, 1.82) is 0 Å². The van der Waals surface area contributed by atoms with E-state index in [4.69, 9.17) is 9.47 Å². The number of aryl methyl sites for hydroxylation is 2. The zero-order chi connectivity index (χ0) is 19.8. The third-order valence-electron chi connectivity index (χ3n) is 4.59. The Kier molecular flexibility index (Phi) is 7.71. The minimum Gasteiger partial charge on any atom is -0.493 e. The van der Waals surface area contributed by atoms with Gasteiger partial charge in [0.2, 0.25) is 0 Å². The van der Waals surface area contributed by atoms with Crippen molar-refractivity contribution < 1.29 is 14.3 Å². The molecular weight excluding hydrogens is 338 g/mol. The molecule has 146 valence electrons. The molecule has 0 aliphatic heterocycles. The number of benzene rings is 2. The molecule has 4 heteroatoms. The Morgan fingerprint density at radius 1 is 1.04 bits per heavy atom. The van der Waals surface area contributed by atoms with Gasteiger partial charge in [-0.1, -0.05) is 19.4 Å². The second-order valence-corrected chi connectivity index (χ2v) is 6.95. The number of nitrogens with one attached hydrogen (secondary N) is 1. The van der Waals surface area contributed by atoms with E-state index in [-0.39, 0.29) is 11.9 Å². The maximum absolute atomic E-state index is 12.5. The average molecular weight is 370 g/mol. The molecule has 0 spiro atoms. The van der Waals surface area contributed by atoms with E-state index in [1.807, 2.05) is 44.2 Å². The van der Waals surface area contributed by atoms with E-state index in [2.05, 4.69) is 26.1 Å². The standard InChI is InChI=1S/C23H31NO3/c1-6-8-18(5)24-23(25)19-10-12-22(26-7-2)20(14-19)15-27-21-11-9-16(3)17(4)13-21/h9-14,18H,6-8,15H2,1-5H3,(H,24,25)/t18-/m0/s1. The predicted molar refractivity (Wildman–Crippen MR) is 110 cm³/mol. The zero-order valence-electron chi connectivity index (χ0n) is 17.1.